The molecule has 0 aliphatic rings. The summed E-state index contributed by atoms with van der Waals surface area (Å²) in [6.45, 7) is 9.08. The van der Waals surface area contributed by atoms with Crippen molar-refractivity contribution < 1.29 is 9.46 Å². The highest BCUT2D eigenvalue weighted by molar-refractivity contribution is 7.57. The van der Waals surface area contributed by atoms with E-state index in [0.29, 0.717) is 12.3 Å². The van der Waals surface area contributed by atoms with E-state index >= 15 is 0 Å². The minimum Gasteiger partial charge on any atom is -0.344 e. The van der Waals surface area contributed by atoms with Gasteiger partial charge in [-0.2, -0.15) is 0 Å². The number of hydrogen-bond donors (Lipinski definition) is 1. The standard InChI is InChI=1S/C20H43O2P/c1-19(2)15-11-7-5-9-13-17-23(21,22)18-14-10-6-8-12-16-20(3)4/h19-20H,5-18H2,1-4H3,(H,21,22). The molecule has 0 rings (SSSR count). The van der Waals surface area contributed by atoms with Crippen LogP contribution in [0.15, 0.2) is 0 Å². The molecule has 2 nitrogen and oxygen atoms in total. The van der Waals surface area contributed by atoms with Gasteiger partial charge in [0.2, 0.25) is 7.37 Å². The van der Waals surface area contributed by atoms with E-state index in [1.54, 1.807) is 0 Å². The molecule has 0 aromatic heterocycles. The molecule has 0 heterocycles. The molecule has 0 atom stereocenters. The molecule has 1 N–H and O–H groups in total. The topological polar surface area (TPSA) is 37.3 Å². The molecule has 0 saturated carbocycles. The third kappa shape index (κ3) is 18.4. The second-order valence-corrected chi connectivity index (χ2v) is 10.8. The van der Waals surface area contributed by atoms with Crippen molar-refractivity contribution in [3.8, 4) is 0 Å². The summed E-state index contributed by atoms with van der Waals surface area (Å²) in [6, 6.07) is 0. The second-order valence-electron chi connectivity index (χ2n) is 8.19. The molecular formula is C20H43O2P. The maximum atomic E-state index is 12.1. The Labute approximate surface area is 146 Å². The van der Waals surface area contributed by atoms with Crippen molar-refractivity contribution >= 4 is 7.37 Å². The summed E-state index contributed by atoms with van der Waals surface area (Å²) < 4.78 is 12.1. The predicted molar refractivity (Wildman–Crippen MR) is 105 cm³/mol. The third-order valence-corrected chi connectivity index (χ3v) is 6.61. The highest BCUT2D eigenvalue weighted by Crippen LogP contribution is 2.42. The lowest BCUT2D eigenvalue weighted by Gasteiger charge is -2.11. The minimum atomic E-state index is -2.84. The van der Waals surface area contributed by atoms with Crippen LogP contribution in [0, 0.1) is 11.8 Å². The van der Waals surface area contributed by atoms with Crippen LogP contribution in [0.25, 0.3) is 0 Å². The summed E-state index contributed by atoms with van der Waals surface area (Å²) >= 11 is 0. The Balaban J connectivity index is 3.42. The Kier molecular flexibility index (Phi) is 14.6. The van der Waals surface area contributed by atoms with Crippen molar-refractivity contribution in [2.75, 3.05) is 12.3 Å². The van der Waals surface area contributed by atoms with E-state index in [-0.39, 0.29) is 0 Å². The fraction of sp³-hybridized carbons (Fsp3) is 1.00. The lowest BCUT2D eigenvalue weighted by atomic mass is 10.0. The van der Waals surface area contributed by atoms with E-state index in [0.717, 1.165) is 37.5 Å². The number of hydrogen-bond acceptors (Lipinski definition) is 1. The quantitative estimate of drug-likeness (QED) is 0.236. The van der Waals surface area contributed by atoms with E-state index in [2.05, 4.69) is 27.7 Å². The first-order valence-corrected chi connectivity index (χ1v) is 12.2. The molecule has 0 aliphatic heterocycles. The van der Waals surface area contributed by atoms with Crippen molar-refractivity contribution in [3.63, 3.8) is 0 Å². The summed E-state index contributed by atoms with van der Waals surface area (Å²) in [5.41, 5.74) is 0. The molecule has 3 heteroatoms. The molecular weight excluding hydrogens is 303 g/mol. The number of rotatable bonds is 16. The summed E-state index contributed by atoms with van der Waals surface area (Å²) in [5, 5.41) is 0. The largest absolute Gasteiger partial charge is 0.344 e. The third-order valence-electron chi connectivity index (χ3n) is 4.58. The summed E-state index contributed by atoms with van der Waals surface area (Å²) in [5.74, 6) is 1.61. The Bertz CT molecular complexity index is 274. The fourth-order valence-electron chi connectivity index (χ4n) is 3.00. The molecule has 0 spiro atoms. The van der Waals surface area contributed by atoms with Crippen molar-refractivity contribution in [3.05, 3.63) is 0 Å². The van der Waals surface area contributed by atoms with Crippen molar-refractivity contribution in [2.24, 2.45) is 11.8 Å². The van der Waals surface area contributed by atoms with E-state index in [4.69, 9.17) is 0 Å². The van der Waals surface area contributed by atoms with Crippen LogP contribution in [0.3, 0.4) is 0 Å². The molecule has 0 amide bonds. The van der Waals surface area contributed by atoms with Crippen LogP contribution in [-0.4, -0.2) is 17.2 Å². The number of unbranched alkanes of at least 4 members (excludes halogenated alkanes) is 8. The second kappa shape index (κ2) is 14.5. The van der Waals surface area contributed by atoms with Gasteiger partial charge in [0.25, 0.3) is 0 Å². The maximum Gasteiger partial charge on any atom is 0.200 e. The van der Waals surface area contributed by atoms with Gasteiger partial charge in [0.05, 0.1) is 0 Å². The molecule has 0 saturated heterocycles. The van der Waals surface area contributed by atoms with Crippen LogP contribution in [-0.2, 0) is 4.57 Å². The SMILES string of the molecule is CC(C)CCCCCCCP(=O)(O)CCCCCCCC(C)C. The average Bonchev–Trinajstić information content (AvgIpc) is 2.44. The van der Waals surface area contributed by atoms with Crippen LogP contribution in [0.4, 0.5) is 0 Å². The van der Waals surface area contributed by atoms with Gasteiger partial charge in [-0.15, -0.1) is 0 Å². The molecule has 0 radical (unpaired) electrons. The van der Waals surface area contributed by atoms with Crippen LogP contribution in [0.1, 0.15) is 105 Å². The molecule has 0 aliphatic carbocycles. The van der Waals surface area contributed by atoms with Crippen molar-refractivity contribution in [2.45, 2.75) is 105 Å². The van der Waals surface area contributed by atoms with Gasteiger partial charge in [-0.1, -0.05) is 91.9 Å². The molecule has 0 aromatic carbocycles. The smallest absolute Gasteiger partial charge is 0.200 e. The molecule has 0 fully saturated rings. The van der Waals surface area contributed by atoms with Crippen LogP contribution >= 0.6 is 7.37 Å². The first-order valence-electron chi connectivity index (χ1n) is 10.1. The van der Waals surface area contributed by atoms with Gasteiger partial charge in [0, 0.05) is 12.3 Å². The predicted octanol–water partition coefficient (Wildman–Crippen LogP) is 7.25. The van der Waals surface area contributed by atoms with Crippen LogP contribution < -0.4 is 0 Å². The van der Waals surface area contributed by atoms with Gasteiger partial charge in [-0.25, -0.2) is 0 Å². The molecule has 23 heavy (non-hydrogen) atoms. The van der Waals surface area contributed by atoms with Gasteiger partial charge in [0.1, 0.15) is 0 Å². The van der Waals surface area contributed by atoms with Crippen molar-refractivity contribution in [1.29, 1.82) is 0 Å². The lowest BCUT2D eigenvalue weighted by Crippen LogP contribution is -1.96. The van der Waals surface area contributed by atoms with Gasteiger partial charge in [-0.05, 0) is 24.7 Å². The highest BCUT2D eigenvalue weighted by atomic mass is 31.2. The van der Waals surface area contributed by atoms with Gasteiger partial charge in [0.15, 0.2) is 0 Å². The Morgan fingerprint density at radius 1 is 0.609 bits per heavy atom. The van der Waals surface area contributed by atoms with Gasteiger partial charge in [-0.3, -0.25) is 4.57 Å². The normalized spacial score (nSPS) is 12.5. The van der Waals surface area contributed by atoms with E-state index < -0.39 is 7.37 Å². The maximum absolute atomic E-state index is 12.1. The minimum absolute atomic E-state index is 0.546. The summed E-state index contributed by atoms with van der Waals surface area (Å²) in [6.07, 6.45) is 15.5. The van der Waals surface area contributed by atoms with E-state index in [1.165, 1.54) is 51.4 Å². The molecule has 0 bridgehead atoms. The fourth-order valence-corrected chi connectivity index (χ4v) is 4.65. The first kappa shape index (κ1) is 23.2. The first-order chi connectivity index (χ1) is 10.8. The highest BCUT2D eigenvalue weighted by Gasteiger charge is 2.16. The average molecular weight is 347 g/mol. The van der Waals surface area contributed by atoms with E-state index in [1.807, 2.05) is 0 Å². The molecule has 0 aromatic rings. The van der Waals surface area contributed by atoms with E-state index in [9.17, 15) is 9.46 Å². The Morgan fingerprint density at radius 2 is 0.913 bits per heavy atom. The monoisotopic (exact) mass is 346 g/mol. The van der Waals surface area contributed by atoms with Crippen molar-refractivity contribution in [1.82, 2.24) is 0 Å². The zero-order chi connectivity index (χ0) is 17.6. The van der Waals surface area contributed by atoms with Gasteiger partial charge >= 0.3 is 0 Å². The zero-order valence-electron chi connectivity index (χ0n) is 16.4. The van der Waals surface area contributed by atoms with Gasteiger partial charge < -0.3 is 4.89 Å². The molecule has 140 valence electrons. The lowest BCUT2D eigenvalue weighted by molar-refractivity contribution is 0.467. The Morgan fingerprint density at radius 3 is 1.26 bits per heavy atom. The summed E-state index contributed by atoms with van der Waals surface area (Å²) in [4.78, 5) is 10.0. The Hall–Kier alpha value is 0.190. The van der Waals surface area contributed by atoms with Crippen LogP contribution in [0.2, 0.25) is 0 Å². The summed E-state index contributed by atoms with van der Waals surface area (Å²) in [7, 11) is -2.84. The zero-order valence-corrected chi connectivity index (χ0v) is 17.3. The van der Waals surface area contributed by atoms with Crippen LogP contribution in [0.5, 0.6) is 0 Å². The molecule has 0 unspecified atom stereocenters.